The smallest absolute Gasteiger partial charge is 0.341 e. The number of nitrogen functional groups attached to an aromatic ring is 1. The molecule has 3 heterocycles. The van der Waals surface area contributed by atoms with Crippen molar-refractivity contribution in [1.29, 1.82) is 0 Å². The Morgan fingerprint density at radius 3 is 2.67 bits per heavy atom. The van der Waals surface area contributed by atoms with Crippen LogP contribution in [0.3, 0.4) is 0 Å². The third kappa shape index (κ3) is 5.39. The number of ether oxygens (including phenoxy) is 1. The summed E-state index contributed by atoms with van der Waals surface area (Å²) in [5.41, 5.74) is 9.97. The van der Waals surface area contributed by atoms with E-state index in [9.17, 15) is 4.79 Å². The maximum Gasteiger partial charge on any atom is 0.341 e. The highest BCUT2D eigenvalue weighted by Gasteiger charge is 2.25. The second kappa shape index (κ2) is 10.1. The Balaban J connectivity index is 1.70. The van der Waals surface area contributed by atoms with Crippen LogP contribution in [0.4, 0.5) is 11.5 Å². The zero-order valence-electron chi connectivity index (χ0n) is 19.5. The fourth-order valence-corrected chi connectivity index (χ4v) is 4.55. The molecule has 3 aromatic heterocycles. The molecule has 3 N–H and O–H groups in total. The number of nitrogens with two attached hydrogens (primary N) is 1. The van der Waals surface area contributed by atoms with Gasteiger partial charge in [-0.05, 0) is 76.9 Å². The zero-order valence-corrected chi connectivity index (χ0v) is 19.5. The van der Waals surface area contributed by atoms with Crippen molar-refractivity contribution in [3.8, 4) is 11.3 Å². The van der Waals surface area contributed by atoms with E-state index < -0.39 is 5.97 Å². The van der Waals surface area contributed by atoms with E-state index in [1.807, 2.05) is 18.2 Å². The molecule has 1 aliphatic rings. The summed E-state index contributed by atoms with van der Waals surface area (Å²) in [6.45, 7) is 3.21. The summed E-state index contributed by atoms with van der Waals surface area (Å²) in [5, 5.41) is 3.64. The number of fused-ring (bicyclic) bond motifs is 1. The van der Waals surface area contributed by atoms with Crippen LogP contribution in [-0.4, -0.2) is 59.1 Å². The van der Waals surface area contributed by atoms with Crippen molar-refractivity contribution in [1.82, 2.24) is 19.9 Å². The van der Waals surface area contributed by atoms with E-state index in [4.69, 9.17) is 15.5 Å². The van der Waals surface area contributed by atoms with Gasteiger partial charge in [0.2, 0.25) is 0 Å². The molecule has 4 rings (SSSR count). The second-order valence-electron chi connectivity index (χ2n) is 8.93. The minimum atomic E-state index is -0.393. The van der Waals surface area contributed by atoms with Gasteiger partial charge >= 0.3 is 5.97 Å². The Labute approximate surface area is 194 Å². The maximum atomic E-state index is 12.8. The van der Waals surface area contributed by atoms with Crippen molar-refractivity contribution in [3.63, 3.8) is 0 Å². The fourth-order valence-electron chi connectivity index (χ4n) is 4.55. The Morgan fingerprint density at radius 2 is 1.97 bits per heavy atom. The molecule has 0 bridgehead atoms. The maximum absolute atomic E-state index is 12.8. The Morgan fingerprint density at radius 1 is 1.18 bits per heavy atom. The van der Waals surface area contributed by atoms with Crippen LogP contribution in [-0.2, 0) is 4.74 Å². The van der Waals surface area contributed by atoms with Gasteiger partial charge in [-0.1, -0.05) is 0 Å². The van der Waals surface area contributed by atoms with Crippen LogP contribution in [0, 0.1) is 5.92 Å². The molecule has 0 aromatic carbocycles. The SMILES string of the molecule is CCOC(=O)c1cnc2ccc(-c3ccnc(N)c3)nc2c1NC1CCC(CN(C)C)CC1. The van der Waals surface area contributed by atoms with Crippen molar-refractivity contribution in [2.24, 2.45) is 5.92 Å². The predicted molar refractivity (Wildman–Crippen MR) is 131 cm³/mol. The Hall–Kier alpha value is -3.26. The summed E-state index contributed by atoms with van der Waals surface area (Å²) < 4.78 is 5.32. The number of hydrogen-bond acceptors (Lipinski definition) is 8. The highest BCUT2D eigenvalue weighted by molar-refractivity contribution is 6.04. The van der Waals surface area contributed by atoms with E-state index in [2.05, 4.69) is 34.3 Å². The molecule has 1 fully saturated rings. The normalized spacial score (nSPS) is 18.4. The first-order valence-corrected chi connectivity index (χ1v) is 11.5. The molecule has 0 saturated heterocycles. The summed E-state index contributed by atoms with van der Waals surface area (Å²) >= 11 is 0. The quantitative estimate of drug-likeness (QED) is 0.523. The third-order valence-corrected chi connectivity index (χ3v) is 6.10. The molecule has 0 spiro atoms. The highest BCUT2D eigenvalue weighted by atomic mass is 16.5. The number of hydrogen-bond donors (Lipinski definition) is 2. The lowest BCUT2D eigenvalue weighted by Crippen LogP contribution is -2.31. The predicted octanol–water partition coefficient (Wildman–Crippen LogP) is 3.98. The number of carbonyl (C=O) groups excluding carboxylic acids is 1. The Kier molecular flexibility index (Phi) is 7.03. The van der Waals surface area contributed by atoms with Crippen molar-refractivity contribution < 1.29 is 9.53 Å². The minimum absolute atomic E-state index is 0.268. The number of aromatic nitrogens is 3. The lowest BCUT2D eigenvalue weighted by Gasteiger charge is -2.31. The lowest BCUT2D eigenvalue weighted by molar-refractivity contribution is 0.0527. The first-order valence-electron chi connectivity index (χ1n) is 11.5. The molecular weight excluding hydrogens is 416 g/mol. The minimum Gasteiger partial charge on any atom is -0.462 e. The number of carbonyl (C=O) groups is 1. The average molecular weight is 449 g/mol. The number of nitrogens with zero attached hydrogens (tertiary/aromatic N) is 4. The molecule has 1 aliphatic carbocycles. The van der Waals surface area contributed by atoms with Crippen molar-refractivity contribution in [2.45, 2.75) is 38.6 Å². The van der Waals surface area contributed by atoms with E-state index in [0.29, 0.717) is 35.1 Å². The summed E-state index contributed by atoms with van der Waals surface area (Å²) in [6, 6.07) is 7.75. The molecule has 0 amide bonds. The summed E-state index contributed by atoms with van der Waals surface area (Å²) in [4.78, 5) is 28.5. The topological polar surface area (TPSA) is 106 Å². The summed E-state index contributed by atoms with van der Waals surface area (Å²) in [6.07, 6.45) is 7.66. The van der Waals surface area contributed by atoms with Gasteiger partial charge in [-0.25, -0.2) is 14.8 Å². The number of esters is 1. The lowest BCUT2D eigenvalue weighted by atomic mass is 9.85. The van der Waals surface area contributed by atoms with E-state index in [-0.39, 0.29) is 6.04 Å². The molecule has 3 aromatic rings. The molecular formula is C25H32N6O2. The molecule has 8 heteroatoms. The van der Waals surface area contributed by atoms with Gasteiger partial charge in [0.25, 0.3) is 0 Å². The van der Waals surface area contributed by atoms with Crippen LogP contribution in [0.1, 0.15) is 43.0 Å². The van der Waals surface area contributed by atoms with Gasteiger partial charge in [0.05, 0.1) is 23.5 Å². The van der Waals surface area contributed by atoms with E-state index >= 15 is 0 Å². The number of nitrogens with one attached hydrogen (secondary N) is 1. The monoisotopic (exact) mass is 448 g/mol. The van der Waals surface area contributed by atoms with E-state index in [1.54, 1.807) is 25.4 Å². The average Bonchev–Trinajstić information content (AvgIpc) is 2.80. The first kappa shape index (κ1) is 22.9. The van der Waals surface area contributed by atoms with Gasteiger partial charge in [0, 0.05) is 30.5 Å². The van der Waals surface area contributed by atoms with Crippen molar-refractivity contribution in [2.75, 3.05) is 38.3 Å². The first-order chi connectivity index (χ1) is 15.9. The van der Waals surface area contributed by atoms with E-state index in [0.717, 1.165) is 49.0 Å². The third-order valence-electron chi connectivity index (χ3n) is 6.10. The van der Waals surface area contributed by atoms with Gasteiger partial charge < -0.3 is 20.7 Å². The van der Waals surface area contributed by atoms with Gasteiger partial charge in [-0.15, -0.1) is 0 Å². The zero-order chi connectivity index (χ0) is 23.4. The van der Waals surface area contributed by atoms with Crippen molar-refractivity contribution >= 4 is 28.5 Å². The standard InChI is InChI=1S/C25H32N6O2/c1-4-33-25(32)19-14-28-21-10-9-20(17-11-12-27-22(26)13-17)30-24(21)23(19)29-18-7-5-16(6-8-18)15-31(2)3/h9-14,16,18H,4-8,15H2,1-3H3,(H2,26,27)(H,28,29). The van der Waals surface area contributed by atoms with Gasteiger partial charge in [0.1, 0.15) is 16.9 Å². The number of pyridine rings is 3. The molecule has 174 valence electrons. The molecule has 1 saturated carbocycles. The van der Waals surface area contributed by atoms with Crippen LogP contribution < -0.4 is 11.1 Å². The largest absolute Gasteiger partial charge is 0.462 e. The van der Waals surface area contributed by atoms with E-state index in [1.165, 1.54) is 0 Å². The Bertz CT molecular complexity index is 1130. The number of rotatable bonds is 7. The molecule has 33 heavy (non-hydrogen) atoms. The van der Waals surface area contributed by atoms with Crippen LogP contribution in [0.5, 0.6) is 0 Å². The highest BCUT2D eigenvalue weighted by Crippen LogP contribution is 2.32. The second-order valence-corrected chi connectivity index (χ2v) is 8.93. The molecule has 0 atom stereocenters. The van der Waals surface area contributed by atoms with Gasteiger partial charge in [0.15, 0.2) is 0 Å². The van der Waals surface area contributed by atoms with Gasteiger partial charge in [-0.3, -0.25) is 4.98 Å². The molecule has 0 unspecified atom stereocenters. The summed E-state index contributed by atoms with van der Waals surface area (Å²) in [7, 11) is 4.25. The van der Waals surface area contributed by atoms with Crippen LogP contribution >= 0.6 is 0 Å². The molecule has 0 aliphatic heterocycles. The summed E-state index contributed by atoms with van der Waals surface area (Å²) in [5.74, 6) is 0.746. The molecule has 8 nitrogen and oxygen atoms in total. The number of anilines is 2. The van der Waals surface area contributed by atoms with Crippen LogP contribution in [0.25, 0.3) is 22.3 Å². The van der Waals surface area contributed by atoms with Gasteiger partial charge in [-0.2, -0.15) is 0 Å². The van der Waals surface area contributed by atoms with Crippen molar-refractivity contribution in [3.05, 3.63) is 42.2 Å². The molecule has 0 radical (unpaired) electrons. The van der Waals surface area contributed by atoms with Crippen LogP contribution in [0.2, 0.25) is 0 Å². The fraction of sp³-hybridized carbons (Fsp3) is 0.440. The van der Waals surface area contributed by atoms with Crippen LogP contribution in [0.15, 0.2) is 36.7 Å².